The molecule has 2 aromatic heterocycles. The van der Waals surface area contributed by atoms with Crippen LogP contribution in [0.5, 0.6) is 0 Å². The van der Waals surface area contributed by atoms with Crippen molar-refractivity contribution < 1.29 is 13.6 Å². The van der Waals surface area contributed by atoms with Gasteiger partial charge in [-0.2, -0.15) is 0 Å². The molecule has 5 nitrogen and oxygen atoms in total. The summed E-state index contributed by atoms with van der Waals surface area (Å²) in [6, 6.07) is 6.87. The van der Waals surface area contributed by atoms with Crippen molar-refractivity contribution in [3.05, 3.63) is 60.1 Å². The van der Waals surface area contributed by atoms with Gasteiger partial charge in [0.1, 0.15) is 17.2 Å². The zero-order valence-electron chi connectivity index (χ0n) is 13.4. The first-order valence-corrected chi connectivity index (χ1v) is 8.15. The standard InChI is InChI=1S/C18H16F2N4O/c19-13-8-12(9-14(20)10-13)18(25)23-6-3-15(4-7-23)24-11-22-16-2-1-5-21-17(16)24/h1-2,5,8-11,15H,3-4,6-7H2. The van der Waals surface area contributed by atoms with Crippen LogP contribution in [0.4, 0.5) is 8.78 Å². The van der Waals surface area contributed by atoms with Gasteiger partial charge in [0.2, 0.25) is 0 Å². The van der Waals surface area contributed by atoms with Gasteiger partial charge in [-0.3, -0.25) is 4.79 Å². The molecule has 128 valence electrons. The molecule has 0 bridgehead atoms. The number of halogens is 2. The number of carbonyl (C=O) groups excluding carboxylic acids is 1. The lowest BCUT2D eigenvalue weighted by Crippen LogP contribution is -2.39. The van der Waals surface area contributed by atoms with Crippen LogP contribution in [-0.2, 0) is 0 Å². The van der Waals surface area contributed by atoms with Crippen LogP contribution >= 0.6 is 0 Å². The molecular formula is C18H16F2N4O. The first-order chi connectivity index (χ1) is 12.1. The summed E-state index contributed by atoms with van der Waals surface area (Å²) in [6.07, 6.45) is 5.00. The van der Waals surface area contributed by atoms with Crippen molar-refractivity contribution in [1.82, 2.24) is 19.4 Å². The molecule has 4 rings (SSSR count). The second-order valence-corrected chi connectivity index (χ2v) is 6.18. The van der Waals surface area contributed by atoms with E-state index in [1.54, 1.807) is 17.4 Å². The molecule has 0 radical (unpaired) electrons. The topological polar surface area (TPSA) is 51.0 Å². The summed E-state index contributed by atoms with van der Waals surface area (Å²) in [5.74, 6) is -1.83. The minimum Gasteiger partial charge on any atom is -0.338 e. The number of likely N-dealkylation sites (tertiary alicyclic amines) is 1. The fourth-order valence-electron chi connectivity index (χ4n) is 3.34. The van der Waals surface area contributed by atoms with E-state index in [4.69, 9.17) is 0 Å². The molecule has 7 heteroatoms. The van der Waals surface area contributed by atoms with E-state index in [1.165, 1.54) is 0 Å². The van der Waals surface area contributed by atoms with Crippen molar-refractivity contribution in [2.75, 3.05) is 13.1 Å². The maximum atomic E-state index is 13.3. The number of rotatable bonds is 2. The molecule has 0 unspecified atom stereocenters. The molecule has 1 aliphatic rings. The molecule has 1 amide bonds. The minimum absolute atomic E-state index is 0.0469. The zero-order valence-corrected chi connectivity index (χ0v) is 13.4. The molecule has 1 saturated heterocycles. The molecule has 25 heavy (non-hydrogen) atoms. The third-order valence-corrected chi connectivity index (χ3v) is 4.59. The Kier molecular flexibility index (Phi) is 3.91. The number of nitrogens with zero attached hydrogens (tertiary/aromatic N) is 4. The molecule has 0 aliphatic carbocycles. The number of aromatic nitrogens is 3. The van der Waals surface area contributed by atoms with E-state index in [0.29, 0.717) is 13.1 Å². The monoisotopic (exact) mass is 342 g/mol. The van der Waals surface area contributed by atoms with E-state index < -0.39 is 11.6 Å². The molecule has 0 spiro atoms. The zero-order chi connectivity index (χ0) is 17.4. The molecule has 1 fully saturated rings. The number of hydrogen-bond donors (Lipinski definition) is 0. The van der Waals surface area contributed by atoms with Crippen LogP contribution in [0, 0.1) is 11.6 Å². The van der Waals surface area contributed by atoms with Gasteiger partial charge in [-0.15, -0.1) is 0 Å². The van der Waals surface area contributed by atoms with Crippen LogP contribution in [-0.4, -0.2) is 38.4 Å². The lowest BCUT2D eigenvalue weighted by atomic mass is 10.0. The smallest absolute Gasteiger partial charge is 0.254 e. The summed E-state index contributed by atoms with van der Waals surface area (Å²) < 4.78 is 28.7. The van der Waals surface area contributed by atoms with Gasteiger partial charge >= 0.3 is 0 Å². The van der Waals surface area contributed by atoms with E-state index in [-0.39, 0.29) is 17.5 Å². The number of hydrogen-bond acceptors (Lipinski definition) is 3. The van der Waals surface area contributed by atoms with Crippen LogP contribution in [0.3, 0.4) is 0 Å². The first-order valence-electron chi connectivity index (χ1n) is 8.15. The van der Waals surface area contributed by atoms with Crippen LogP contribution in [0.15, 0.2) is 42.9 Å². The summed E-state index contributed by atoms with van der Waals surface area (Å²) in [5, 5.41) is 0. The van der Waals surface area contributed by atoms with Gasteiger partial charge in [-0.05, 0) is 37.1 Å². The predicted octanol–water partition coefficient (Wildman–Crippen LogP) is 3.19. The van der Waals surface area contributed by atoms with Crippen LogP contribution in [0.2, 0.25) is 0 Å². The number of imidazole rings is 1. The van der Waals surface area contributed by atoms with Crippen molar-refractivity contribution in [1.29, 1.82) is 0 Å². The summed E-state index contributed by atoms with van der Waals surface area (Å²) in [4.78, 5) is 22.8. The maximum absolute atomic E-state index is 13.3. The van der Waals surface area contributed by atoms with E-state index in [0.717, 1.165) is 42.2 Å². The summed E-state index contributed by atoms with van der Waals surface area (Å²) in [6.45, 7) is 1.04. The van der Waals surface area contributed by atoms with Crippen molar-refractivity contribution in [3.8, 4) is 0 Å². The fraction of sp³-hybridized carbons (Fsp3) is 0.278. The minimum atomic E-state index is -0.741. The SMILES string of the molecule is O=C(c1cc(F)cc(F)c1)N1CCC(n2cnc3cccnc32)CC1. The number of carbonyl (C=O) groups is 1. The molecule has 3 aromatic rings. The second kappa shape index (κ2) is 6.23. The highest BCUT2D eigenvalue weighted by Crippen LogP contribution is 2.26. The highest BCUT2D eigenvalue weighted by Gasteiger charge is 2.26. The Morgan fingerprint density at radius 1 is 1.08 bits per heavy atom. The maximum Gasteiger partial charge on any atom is 0.254 e. The number of amides is 1. The van der Waals surface area contributed by atoms with Crippen molar-refractivity contribution in [3.63, 3.8) is 0 Å². The Morgan fingerprint density at radius 3 is 2.52 bits per heavy atom. The van der Waals surface area contributed by atoms with Gasteiger partial charge in [-0.25, -0.2) is 18.7 Å². The van der Waals surface area contributed by atoms with E-state index >= 15 is 0 Å². The van der Waals surface area contributed by atoms with Gasteiger partial charge in [0.15, 0.2) is 5.65 Å². The summed E-state index contributed by atoms with van der Waals surface area (Å²) in [7, 11) is 0. The second-order valence-electron chi connectivity index (χ2n) is 6.18. The number of pyridine rings is 1. The molecule has 0 saturated carbocycles. The number of benzene rings is 1. The Labute approximate surface area is 142 Å². The van der Waals surface area contributed by atoms with Gasteiger partial charge in [0.25, 0.3) is 5.91 Å². The lowest BCUT2D eigenvalue weighted by molar-refractivity contribution is 0.0694. The molecular weight excluding hydrogens is 326 g/mol. The number of piperidine rings is 1. The van der Waals surface area contributed by atoms with Gasteiger partial charge in [0, 0.05) is 37.0 Å². The Bertz CT molecular complexity index is 911. The van der Waals surface area contributed by atoms with Crippen LogP contribution < -0.4 is 0 Å². The van der Waals surface area contributed by atoms with E-state index in [9.17, 15) is 13.6 Å². The van der Waals surface area contributed by atoms with Gasteiger partial charge < -0.3 is 9.47 Å². The summed E-state index contributed by atoms with van der Waals surface area (Å²) >= 11 is 0. The third-order valence-electron chi connectivity index (χ3n) is 4.59. The normalized spacial score (nSPS) is 15.7. The van der Waals surface area contributed by atoms with Gasteiger partial charge in [-0.1, -0.05) is 0 Å². The highest BCUT2D eigenvalue weighted by molar-refractivity contribution is 5.94. The van der Waals surface area contributed by atoms with Crippen molar-refractivity contribution in [2.45, 2.75) is 18.9 Å². The molecule has 1 aromatic carbocycles. The Morgan fingerprint density at radius 2 is 1.80 bits per heavy atom. The quantitative estimate of drug-likeness (QED) is 0.719. The average molecular weight is 342 g/mol. The highest BCUT2D eigenvalue weighted by atomic mass is 19.1. The van der Waals surface area contributed by atoms with Crippen LogP contribution in [0.25, 0.3) is 11.2 Å². The predicted molar refractivity (Wildman–Crippen MR) is 88.1 cm³/mol. The molecule has 0 N–H and O–H groups in total. The molecule has 3 heterocycles. The first kappa shape index (κ1) is 15.7. The van der Waals surface area contributed by atoms with Crippen molar-refractivity contribution in [2.24, 2.45) is 0 Å². The molecule has 0 atom stereocenters. The third kappa shape index (κ3) is 2.97. The average Bonchev–Trinajstić information content (AvgIpc) is 3.04. The molecule has 1 aliphatic heterocycles. The fourth-order valence-corrected chi connectivity index (χ4v) is 3.34. The Hall–Kier alpha value is -2.83. The largest absolute Gasteiger partial charge is 0.338 e. The van der Waals surface area contributed by atoms with Crippen molar-refractivity contribution >= 4 is 17.1 Å². The summed E-state index contributed by atoms with van der Waals surface area (Å²) in [5.41, 5.74) is 1.72. The number of fused-ring (bicyclic) bond motifs is 1. The van der Waals surface area contributed by atoms with E-state index in [2.05, 4.69) is 9.97 Å². The van der Waals surface area contributed by atoms with E-state index in [1.807, 2.05) is 16.7 Å². The van der Waals surface area contributed by atoms with Crippen LogP contribution in [0.1, 0.15) is 29.2 Å². The lowest BCUT2D eigenvalue weighted by Gasteiger charge is -2.32. The van der Waals surface area contributed by atoms with Gasteiger partial charge in [0.05, 0.1) is 6.33 Å². The Balaban J connectivity index is 1.48.